The highest BCUT2D eigenvalue weighted by atomic mass is 32.1. The van der Waals surface area contributed by atoms with Crippen molar-refractivity contribution in [2.45, 2.75) is 44.8 Å². The van der Waals surface area contributed by atoms with E-state index in [-0.39, 0.29) is 5.54 Å². The van der Waals surface area contributed by atoms with Crippen molar-refractivity contribution in [2.75, 3.05) is 13.1 Å². The van der Waals surface area contributed by atoms with Crippen molar-refractivity contribution in [2.24, 2.45) is 5.92 Å². The van der Waals surface area contributed by atoms with Gasteiger partial charge in [0, 0.05) is 36.1 Å². The molecule has 1 unspecified atom stereocenters. The van der Waals surface area contributed by atoms with Crippen LogP contribution in [-0.2, 0) is 6.54 Å². The lowest BCUT2D eigenvalue weighted by Gasteiger charge is -2.44. The van der Waals surface area contributed by atoms with Crippen LogP contribution in [-0.4, -0.2) is 29.6 Å². The number of thiophene rings is 1. The van der Waals surface area contributed by atoms with Crippen molar-refractivity contribution in [1.29, 1.82) is 0 Å². The molecule has 2 nitrogen and oxygen atoms in total. The first-order valence-corrected chi connectivity index (χ1v) is 7.53. The maximum Gasteiger partial charge on any atom is 0.0332 e. The van der Waals surface area contributed by atoms with Crippen molar-refractivity contribution in [3.8, 4) is 0 Å². The minimum absolute atomic E-state index is 0.267. The van der Waals surface area contributed by atoms with Crippen molar-refractivity contribution < 1.29 is 0 Å². The van der Waals surface area contributed by atoms with E-state index in [0.29, 0.717) is 0 Å². The fraction of sp³-hybridized carbons (Fsp3) is 0.714. The van der Waals surface area contributed by atoms with E-state index in [1.54, 1.807) is 0 Å². The molecule has 3 rings (SSSR count). The highest BCUT2D eigenvalue weighted by molar-refractivity contribution is 7.09. The normalized spacial score (nSPS) is 29.4. The molecule has 0 radical (unpaired) electrons. The van der Waals surface area contributed by atoms with E-state index in [9.17, 15) is 0 Å². The van der Waals surface area contributed by atoms with Crippen molar-refractivity contribution in [3.63, 3.8) is 0 Å². The summed E-state index contributed by atoms with van der Waals surface area (Å²) in [7, 11) is 0. The van der Waals surface area contributed by atoms with Crippen LogP contribution in [0.2, 0.25) is 0 Å². The molecule has 0 spiro atoms. The molecule has 0 bridgehead atoms. The Morgan fingerprint density at radius 3 is 2.94 bits per heavy atom. The zero-order chi connectivity index (χ0) is 11.9. The van der Waals surface area contributed by atoms with Crippen LogP contribution in [0, 0.1) is 5.92 Å². The maximum absolute atomic E-state index is 3.70. The van der Waals surface area contributed by atoms with E-state index in [0.717, 1.165) is 18.5 Å². The standard InChI is InChI=1S/C14H22N2S/c1-14(2)10-16(9-12-4-3-7-17-12)13(8-15-14)11-5-6-11/h3-4,7,11,13,15H,5-6,8-10H2,1-2H3. The summed E-state index contributed by atoms with van der Waals surface area (Å²) >= 11 is 1.89. The van der Waals surface area contributed by atoms with E-state index in [1.807, 2.05) is 11.3 Å². The summed E-state index contributed by atoms with van der Waals surface area (Å²) in [5, 5.41) is 5.89. The van der Waals surface area contributed by atoms with Crippen LogP contribution in [0.25, 0.3) is 0 Å². The van der Waals surface area contributed by atoms with Crippen molar-refractivity contribution >= 4 is 11.3 Å². The second-order valence-electron chi connectivity index (χ2n) is 6.15. The van der Waals surface area contributed by atoms with Gasteiger partial charge >= 0.3 is 0 Å². The lowest BCUT2D eigenvalue weighted by molar-refractivity contribution is 0.0769. The van der Waals surface area contributed by atoms with Gasteiger partial charge in [-0.1, -0.05) is 6.07 Å². The van der Waals surface area contributed by atoms with Crippen LogP contribution in [0.15, 0.2) is 17.5 Å². The molecule has 1 aliphatic carbocycles. The largest absolute Gasteiger partial charge is 0.309 e. The van der Waals surface area contributed by atoms with Crippen LogP contribution in [0.4, 0.5) is 0 Å². The van der Waals surface area contributed by atoms with Gasteiger partial charge < -0.3 is 5.32 Å². The van der Waals surface area contributed by atoms with Crippen LogP contribution in [0.1, 0.15) is 31.6 Å². The fourth-order valence-corrected chi connectivity index (χ4v) is 3.64. The van der Waals surface area contributed by atoms with Gasteiger partial charge in [0.15, 0.2) is 0 Å². The Balaban J connectivity index is 1.72. The first-order chi connectivity index (χ1) is 8.14. The molecular weight excluding hydrogens is 228 g/mol. The molecule has 0 amide bonds. The first kappa shape index (κ1) is 11.7. The van der Waals surface area contributed by atoms with Crippen LogP contribution in [0.3, 0.4) is 0 Å². The average molecular weight is 250 g/mol. The summed E-state index contributed by atoms with van der Waals surface area (Å²) in [5.74, 6) is 0.957. The van der Waals surface area contributed by atoms with E-state index < -0.39 is 0 Å². The second kappa shape index (κ2) is 4.38. The van der Waals surface area contributed by atoms with Crippen molar-refractivity contribution in [3.05, 3.63) is 22.4 Å². The predicted molar refractivity (Wildman–Crippen MR) is 73.3 cm³/mol. The molecule has 1 aromatic heterocycles. The summed E-state index contributed by atoms with van der Waals surface area (Å²) in [6, 6.07) is 5.20. The number of rotatable bonds is 3. The molecule has 2 aliphatic rings. The molecule has 1 aliphatic heterocycles. The number of hydrogen-bond acceptors (Lipinski definition) is 3. The molecule has 17 heavy (non-hydrogen) atoms. The minimum Gasteiger partial charge on any atom is -0.309 e. The number of nitrogens with one attached hydrogen (secondary N) is 1. The number of hydrogen-bond donors (Lipinski definition) is 1. The maximum atomic E-state index is 3.70. The van der Waals surface area contributed by atoms with Gasteiger partial charge in [0.2, 0.25) is 0 Å². The van der Waals surface area contributed by atoms with Crippen LogP contribution >= 0.6 is 11.3 Å². The Bertz CT molecular complexity index is 368. The number of piperazine rings is 1. The molecule has 1 saturated carbocycles. The van der Waals surface area contributed by atoms with Crippen LogP contribution < -0.4 is 5.32 Å². The smallest absolute Gasteiger partial charge is 0.0332 e. The third-order valence-corrected chi connectivity index (χ3v) is 4.82. The minimum atomic E-state index is 0.267. The highest BCUT2D eigenvalue weighted by Gasteiger charge is 2.40. The Labute approximate surface area is 108 Å². The van der Waals surface area contributed by atoms with E-state index >= 15 is 0 Å². The number of nitrogens with zero attached hydrogens (tertiary/aromatic N) is 1. The molecule has 1 atom stereocenters. The fourth-order valence-electron chi connectivity index (χ4n) is 2.91. The van der Waals surface area contributed by atoms with Gasteiger partial charge in [-0.2, -0.15) is 0 Å². The Kier molecular flexibility index (Phi) is 3.01. The third kappa shape index (κ3) is 2.72. The predicted octanol–water partition coefficient (Wildman–Crippen LogP) is 2.71. The SMILES string of the molecule is CC1(C)CN(Cc2cccs2)C(C2CC2)CN1. The van der Waals surface area contributed by atoms with Crippen molar-refractivity contribution in [1.82, 2.24) is 10.2 Å². The van der Waals surface area contributed by atoms with E-state index in [4.69, 9.17) is 0 Å². The molecule has 1 aromatic rings. The van der Waals surface area contributed by atoms with Crippen LogP contribution in [0.5, 0.6) is 0 Å². The zero-order valence-corrected chi connectivity index (χ0v) is 11.6. The first-order valence-electron chi connectivity index (χ1n) is 6.65. The summed E-state index contributed by atoms with van der Waals surface area (Å²) in [6.45, 7) is 8.12. The molecule has 2 fully saturated rings. The Morgan fingerprint density at radius 2 is 2.29 bits per heavy atom. The molecular formula is C14H22N2S. The van der Waals surface area contributed by atoms with Gasteiger partial charge in [-0.05, 0) is 44.1 Å². The summed E-state index contributed by atoms with van der Waals surface area (Å²) in [4.78, 5) is 4.22. The summed E-state index contributed by atoms with van der Waals surface area (Å²) < 4.78 is 0. The quantitative estimate of drug-likeness (QED) is 0.887. The molecule has 1 N–H and O–H groups in total. The van der Waals surface area contributed by atoms with Gasteiger partial charge in [-0.25, -0.2) is 0 Å². The zero-order valence-electron chi connectivity index (χ0n) is 10.8. The average Bonchev–Trinajstić information content (AvgIpc) is 2.96. The molecule has 0 aromatic carbocycles. The van der Waals surface area contributed by atoms with Gasteiger partial charge in [0.25, 0.3) is 0 Å². The molecule has 94 valence electrons. The van der Waals surface area contributed by atoms with E-state index in [2.05, 4.69) is 41.6 Å². The highest BCUT2D eigenvalue weighted by Crippen LogP contribution is 2.37. The topological polar surface area (TPSA) is 15.3 Å². The lowest BCUT2D eigenvalue weighted by Crippen LogP contribution is -2.61. The third-order valence-electron chi connectivity index (χ3n) is 3.96. The molecule has 1 saturated heterocycles. The summed E-state index contributed by atoms with van der Waals surface area (Å²) in [6.07, 6.45) is 2.88. The Hall–Kier alpha value is -0.380. The monoisotopic (exact) mass is 250 g/mol. The summed E-state index contributed by atoms with van der Waals surface area (Å²) in [5.41, 5.74) is 0.267. The molecule has 2 heterocycles. The molecule has 3 heteroatoms. The lowest BCUT2D eigenvalue weighted by atomic mass is 9.96. The Morgan fingerprint density at radius 1 is 1.47 bits per heavy atom. The van der Waals surface area contributed by atoms with Gasteiger partial charge in [-0.15, -0.1) is 11.3 Å². The van der Waals surface area contributed by atoms with Gasteiger partial charge in [0.05, 0.1) is 0 Å². The van der Waals surface area contributed by atoms with Gasteiger partial charge in [-0.3, -0.25) is 4.90 Å². The van der Waals surface area contributed by atoms with Gasteiger partial charge in [0.1, 0.15) is 0 Å². The second-order valence-corrected chi connectivity index (χ2v) is 7.19. The van der Waals surface area contributed by atoms with E-state index in [1.165, 1.54) is 30.8 Å².